The topological polar surface area (TPSA) is 49.3 Å². The Morgan fingerprint density at radius 2 is 1.92 bits per heavy atom. The van der Waals surface area contributed by atoms with Gasteiger partial charge in [-0.2, -0.15) is 0 Å². The average Bonchev–Trinajstić information content (AvgIpc) is 3.15. The standard InChI is InChI=1S/C19H30N4O2/c1-20-19(21-13-16-3-5-17(6-4-16)15-24-2)23-8-7-18(14-23)22-9-11-25-12-10-22/h3-6,18H,7-15H2,1-2H3,(H,20,21). The molecule has 138 valence electrons. The third kappa shape index (κ3) is 4.93. The molecule has 0 radical (unpaired) electrons. The van der Waals surface area contributed by atoms with Crippen molar-refractivity contribution in [3.63, 3.8) is 0 Å². The average molecular weight is 346 g/mol. The van der Waals surface area contributed by atoms with Crippen molar-refractivity contribution in [1.82, 2.24) is 15.1 Å². The van der Waals surface area contributed by atoms with Crippen molar-refractivity contribution in [2.75, 3.05) is 53.6 Å². The third-order valence-electron chi connectivity index (χ3n) is 5.02. The summed E-state index contributed by atoms with van der Waals surface area (Å²) in [6, 6.07) is 9.15. The first-order chi connectivity index (χ1) is 12.3. The van der Waals surface area contributed by atoms with Crippen LogP contribution in [-0.2, 0) is 22.6 Å². The molecule has 3 rings (SSSR count). The molecule has 2 aliphatic heterocycles. The summed E-state index contributed by atoms with van der Waals surface area (Å²) in [7, 11) is 3.59. The highest BCUT2D eigenvalue weighted by atomic mass is 16.5. The van der Waals surface area contributed by atoms with E-state index in [1.165, 1.54) is 17.5 Å². The lowest BCUT2D eigenvalue weighted by Crippen LogP contribution is -2.46. The van der Waals surface area contributed by atoms with Crippen molar-refractivity contribution in [2.24, 2.45) is 4.99 Å². The number of likely N-dealkylation sites (tertiary alicyclic amines) is 1. The molecule has 2 fully saturated rings. The number of ether oxygens (including phenoxy) is 2. The number of hydrogen-bond acceptors (Lipinski definition) is 4. The van der Waals surface area contributed by atoms with E-state index in [1.807, 2.05) is 7.05 Å². The van der Waals surface area contributed by atoms with Crippen LogP contribution in [0.4, 0.5) is 0 Å². The van der Waals surface area contributed by atoms with Crippen LogP contribution in [0, 0.1) is 0 Å². The number of guanidine groups is 1. The Morgan fingerprint density at radius 3 is 2.60 bits per heavy atom. The highest BCUT2D eigenvalue weighted by molar-refractivity contribution is 5.80. The summed E-state index contributed by atoms with van der Waals surface area (Å²) in [5.41, 5.74) is 2.45. The van der Waals surface area contributed by atoms with Gasteiger partial charge in [0.2, 0.25) is 0 Å². The van der Waals surface area contributed by atoms with Crippen LogP contribution in [0.1, 0.15) is 17.5 Å². The van der Waals surface area contributed by atoms with Gasteiger partial charge in [0.05, 0.1) is 19.8 Å². The van der Waals surface area contributed by atoms with Crippen LogP contribution >= 0.6 is 0 Å². The Bertz CT molecular complexity index is 555. The van der Waals surface area contributed by atoms with Gasteiger partial charge in [0.1, 0.15) is 0 Å². The van der Waals surface area contributed by atoms with E-state index in [0.717, 1.165) is 51.9 Å². The molecular weight excluding hydrogens is 316 g/mol. The Morgan fingerprint density at radius 1 is 1.20 bits per heavy atom. The Labute approximate surface area is 150 Å². The van der Waals surface area contributed by atoms with Gasteiger partial charge in [-0.1, -0.05) is 24.3 Å². The van der Waals surface area contributed by atoms with E-state index in [2.05, 4.69) is 44.4 Å². The van der Waals surface area contributed by atoms with E-state index < -0.39 is 0 Å². The zero-order valence-electron chi connectivity index (χ0n) is 15.4. The number of benzene rings is 1. The Hall–Kier alpha value is -1.63. The van der Waals surface area contributed by atoms with Gasteiger partial charge in [0.25, 0.3) is 0 Å². The maximum absolute atomic E-state index is 5.47. The summed E-state index contributed by atoms with van der Waals surface area (Å²) in [6.45, 7) is 7.40. The fraction of sp³-hybridized carbons (Fsp3) is 0.632. The molecule has 0 aliphatic carbocycles. The highest BCUT2D eigenvalue weighted by Gasteiger charge is 2.30. The number of aliphatic imine (C=N–C) groups is 1. The van der Waals surface area contributed by atoms with Gasteiger partial charge in [-0.25, -0.2) is 0 Å². The fourth-order valence-electron chi connectivity index (χ4n) is 3.61. The van der Waals surface area contributed by atoms with Crippen LogP contribution in [-0.4, -0.2) is 75.4 Å². The van der Waals surface area contributed by atoms with Gasteiger partial charge in [0.15, 0.2) is 5.96 Å². The molecule has 2 heterocycles. The van der Waals surface area contributed by atoms with Crippen molar-refractivity contribution < 1.29 is 9.47 Å². The summed E-state index contributed by atoms with van der Waals surface area (Å²) in [6.07, 6.45) is 1.20. The van der Waals surface area contributed by atoms with Crippen molar-refractivity contribution in [3.8, 4) is 0 Å². The van der Waals surface area contributed by atoms with Crippen molar-refractivity contribution in [1.29, 1.82) is 0 Å². The summed E-state index contributed by atoms with van der Waals surface area (Å²) >= 11 is 0. The zero-order valence-corrected chi connectivity index (χ0v) is 15.4. The number of nitrogens with zero attached hydrogens (tertiary/aromatic N) is 3. The van der Waals surface area contributed by atoms with Crippen LogP contribution in [0.15, 0.2) is 29.3 Å². The molecular formula is C19H30N4O2. The lowest BCUT2D eigenvalue weighted by atomic mass is 10.1. The normalized spacial score (nSPS) is 22.4. The van der Waals surface area contributed by atoms with Gasteiger partial charge in [0, 0.05) is 52.9 Å². The minimum atomic E-state index is 0.621. The number of rotatable bonds is 5. The Kier molecular flexibility index (Phi) is 6.67. The summed E-state index contributed by atoms with van der Waals surface area (Å²) in [5.74, 6) is 0.997. The molecule has 6 heteroatoms. The second kappa shape index (κ2) is 9.17. The van der Waals surface area contributed by atoms with E-state index in [-0.39, 0.29) is 0 Å². The third-order valence-corrected chi connectivity index (χ3v) is 5.02. The van der Waals surface area contributed by atoms with Gasteiger partial charge in [-0.15, -0.1) is 0 Å². The fourth-order valence-corrected chi connectivity index (χ4v) is 3.61. The van der Waals surface area contributed by atoms with Crippen LogP contribution < -0.4 is 5.32 Å². The van der Waals surface area contributed by atoms with Crippen molar-refractivity contribution in [2.45, 2.75) is 25.6 Å². The quantitative estimate of drug-likeness (QED) is 0.644. The van der Waals surface area contributed by atoms with Gasteiger partial charge in [-0.3, -0.25) is 9.89 Å². The number of methoxy groups -OCH3 is 1. The molecule has 2 saturated heterocycles. The molecule has 0 aromatic heterocycles. The second-order valence-corrected chi connectivity index (χ2v) is 6.69. The monoisotopic (exact) mass is 346 g/mol. The lowest BCUT2D eigenvalue weighted by Gasteiger charge is -2.32. The molecule has 0 bridgehead atoms. The number of hydrogen-bond donors (Lipinski definition) is 1. The predicted molar refractivity (Wildman–Crippen MR) is 99.7 cm³/mol. The molecule has 0 amide bonds. The van der Waals surface area contributed by atoms with E-state index >= 15 is 0 Å². The molecule has 0 spiro atoms. The van der Waals surface area contributed by atoms with E-state index in [1.54, 1.807) is 7.11 Å². The molecule has 1 N–H and O–H groups in total. The van der Waals surface area contributed by atoms with Gasteiger partial charge in [-0.05, 0) is 17.5 Å². The summed E-state index contributed by atoms with van der Waals surface area (Å²) in [5, 5.41) is 3.50. The largest absolute Gasteiger partial charge is 0.380 e. The Balaban J connectivity index is 1.49. The zero-order chi connectivity index (χ0) is 17.5. The smallest absolute Gasteiger partial charge is 0.193 e. The van der Waals surface area contributed by atoms with Crippen LogP contribution in [0.3, 0.4) is 0 Å². The molecule has 1 atom stereocenters. The van der Waals surface area contributed by atoms with Crippen LogP contribution in [0.5, 0.6) is 0 Å². The SMILES string of the molecule is CN=C(NCc1ccc(COC)cc1)N1CCC(N2CCOCC2)C1. The van der Waals surface area contributed by atoms with Gasteiger partial charge < -0.3 is 19.7 Å². The van der Waals surface area contributed by atoms with Crippen molar-refractivity contribution in [3.05, 3.63) is 35.4 Å². The van der Waals surface area contributed by atoms with Crippen LogP contribution in [0.2, 0.25) is 0 Å². The molecule has 1 aromatic rings. The molecule has 25 heavy (non-hydrogen) atoms. The number of morpholine rings is 1. The van der Waals surface area contributed by atoms with Crippen molar-refractivity contribution >= 4 is 5.96 Å². The van der Waals surface area contributed by atoms with E-state index in [4.69, 9.17) is 9.47 Å². The van der Waals surface area contributed by atoms with Gasteiger partial charge >= 0.3 is 0 Å². The first kappa shape index (κ1) is 18.2. The van der Waals surface area contributed by atoms with Crippen LogP contribution in [0.25, 0.3) is 0 Å². The highest BCUT2D eigenvalue weighted by Crippen LogP contribution is 2.17. The lowest BCUT2D eigenvalue weighted by molar-refractivity contribution is 0.0195. The molecule has 2 aliphatic rings. The first-order valence-electron chi connectivity index (χ1n) is 9.14. The predicted octanol–water partition coefficient (Wildman–Crippen LogP) is 1.31. The summed E-state index contributed by atoms with van der Waals surface area (Å²) in [4.78, 5) is 9.42. The minimum Gasteiger partial charge on any atom is -0.380 e. The molecule has 1 unspecified atom stereocenters. The summed E-state index contributed by atoms with van der Waals surface area (Å²) < 4.78 is 10.6. The maximum Gasteiger partial charge on any atom is 0.193 e. The molecule has 6 nitrogen and oxygen atoms in total. The molecule has 1 aromatic carbocycles. The maximum atomic E-state index is 5.47. The minimum absolute atomic E-state index is 0.621. The first-order valence-corrected chi connectivity index (χ1v) is 9.14. The van der Waals surface area contributed by atoms with E-state index in [9.17, 15) is 0 Å². The number of nitrogens with one attached hydrogen (secondary N) is 1. The molecule has 0 saturated carbocycles. The second-order valence-electron chi connectivity index (χ2n) is 6.69. The van der Waals surface area contributed by atoms with E-state index in [0.29, 0.717) is 12.6 Å².